The van der Waals surface area contributed by atoms with Crippen LogP contribution in [-0.2, 0) is 5.41 Å². The van der Waals surface area contributed by atoms with Gasteiger partial charge in [-0.05, 0) is 18.2 Å². The lowest BCUT2D eigenvalue weighted by atomic mass is 9.89. The second-order valence-corrected chi connectivity index (χ2v) is 5.01. The van der Waals surface area contributed by atoms with Crippen LogP contribution in [0, 0.1) is 0 Å². The SMILES string of the molecule is CC(C)(C)c1[nH]c2ccc(O)cc2c1C=O. The van der Waals surface area contributed by atoms with Crippen LogP contribution in [0.5, 0.6) is 5.75 Å². The molecule has 0 aliphatic rings. The number of aromatic hydroxyl groups is 1. The quantitative estimate of drug-likeness (QED) is 0.721. The van der Waals surface area contributed by atoms with Crippen molar-refractivity contribution in [3.8, 4) is 5.75 Å². The third-order valence-electron chi connectivity index (χ3n) is 2.69. The van der Waals surface area contributed by atoms with E-state index in [1.807, 2.05) is 20.8 Å². The molecule has 84 valence electrons. The van der Waals surface area contributed by atoms with Crippen molar-refractivity contribution in [2.24, 2.45) is 0 Å². The third-order valence-corrected chi connectivity index (χ3v) is 2.69. The molecule has 2 aromatic rings. The van der Waals surface area contributed by atoms with Crippen molar-refractivity contribution in [1.29, 1.82) is 0 Å². The summed E-state index contributed by atoms with van der Waals surface area (Å²) in [6, 6.07) is 5.01. The molecule has 1 heterocycles. The minimum Gasteiger partial charge on any atom is -0.508 e. The molecular weight excluding hydrogens is 202 g/mol. The van der Waals surface area contributed by atoms with E-state index in [-0.39, 0.29) is 11.2 Å². The maximum Gasteiger partial charge on any atom is 0.152 e. The fraction of sp³-hybridized carbons (Fsp3) is 0.308. The molecule has 0 saturated heterocycles. The van der Waals surface area contributed by atoms with Gasteiger partial charge in [0.25, 0.3) is 0 Å². The second kappa shape index (κ2) is 3.37. The fourth-order valence-corrected chi connectivity index (χ4v) is 1.91. The summed E-state index contributed by atoms with van der Waals surface area (Å²) in [6.45, 7) is 6.14. The largest absolute Gasteiger partial charge is 0.508 e. The molecule has 2 N–H and O–H groups in total. The Morgan fingerprint density at radius 2 is 2.00 bits per heavy atom. The van der Waals surface area contributed by atoms with Gasteiger partial charge in [0.1, 0.15) is 5.75 Å². The highest BCUT2D eigenvalue weighted by atomic mass is 16.3. The van der Waals surface area contributed by atoms with Crippen molar-refractivity contribution in [2.45, 2.75) is 26.2 Å². The van der Waals surface area contributed by atoms with E-state index in [0.29, 0.717) is 5.56 Å². The molecule has 0 saturated carbocycles. The number of hydrogen-bond donors (Lipinski definition) is 2. The molecule has 3 heteroatoms. The summed E-state index contributed by atoms with van der Waals surface area (Å²) < 4.78 is 0. The summed E-state index contributed by atoms with van der Waals surface area (Å²) in [6.07, 6.45) is 0.846. The zero-order valence-corrected chi connectivity index (χ0v) is 9.66. The zero-order chi connectivity index (χ0) is 11.9. The molecule has 0 aliphatic carbocycles. The number of aromatic amines is 1. The number of rotatable bonds is 1. The van der Waals surface area contributed by atoms with E-state index in [9.17, 15) is 9.90 Å². The smallest absolute Gasteiger partial charge is 0.152 e. The lowest BCUT2D eigenvalue weighted by Gasteiger charge is -2.17. The molecule has 0 fully saturated rings. The Labute approximate surface area is 94.1 Å². The van der Waals surface area contributed by atoms with Gasteiger partial charge in [-0.3, -0.25) is 4.79 Å². The number of carbonyl (C=O) groups excluding carboxylic acids is 1. The van der Waals surface area contributed by atoms with E-state index < -0.39 is 0 Å². The molecule has 1 aromatic carbocycles. The first-order valence-electron chi connectivity index (χ1n) is 5.24. The molecule has 0 radical (unpaired) electrons. The van der Waals surface area contributed by atoms with Crippen LogP contribution in [0.1, 0.15) is 36.8 Å². The highest BCUT2D eigenvalue weighted by molar-refractivity contribution is 5.99. The minimum absolute atomic E-state index is 0.120. The van der Waals surface area contributed by atoms with E-state index in [2.05, 4.69) is 4.98 Å². The number of fused-ring (bicyclic) bond motifs is 1. The van der Waals surface area contributed by atoms with Crippen LogP contribution in [0.25, 0.3) is 10.9 Å². The predicted molar refractivity (Wildman–Crippen MR) is 64.1 cm³/mol. The maximum atomic E-state index is 11.2. The Balaban J connectivity index is 2.82. The van der Waals surface area contributed by atoms with Gasteiger partial charge in [0.05, 0.1) is 0 Å². The Bertz CT molecular complexity index is 547. The number of hydrogen-bond acceptors (Lipinski definition) is 2. The average molecular weight is 217 g/mol. The Hall–Kier alpha value is -1.77. The summed E-state index contributed by atoms with van der Waals surface area (Å²) in [5.74, 6) is 0.176. The normalized spacial score (nSPS) is 11.9. The summed E-state index contributed by atoms with van der Waals surface area (Å²) in [7, 11) is 0. The number of phenolic OH excluding ortho intramolecular Hbond substituents is 1. The fourth-order valence-electron chi connectivity index (χ4n) is 1.91. The molecule has 0 atom stereocenters. The van der Waals surface area contributed by atoms with Crippen LogP contribution in [-0.4, -0.2) is 16.4 Å². The Kier molecular flexibility index (Phi) is 2.26. The maximum absolute atomic E-state index is 11.2. The molecule has 0 amide bonds. The van der Waals surface area contributed by atoms with Crippen LogP contribution in [0.4, 0.5) is 0 Å². The topological polar surface area (TPSA) is 53.1 Å². The number of benzene rings is 1. The van der Waals surface area contributed by atoms with E-state index in [1.165, 1.54) is 0 Å². The van der Waals surface area contributed by atoms with E-state index in [0.717, 1.165) is 22.9 Å². The molecule has 0 aliphatic heterocycles. The average Bonchev–Trinajstić information content (AvgIpc) is 2.54. The van der Waals surface area contributed by atoms with Gasteiger partial charge in [-0.1, -0.05) is 20.8 Å². The molecule has 1 aromatic heterocycles. The number of aldehydes is 1. The summed E-state index contributed by atoms with van der Waals surface area (Å²) in [5, 5.41) is 10.2. The van der Waals surface area contributed by atoms with E-state index >= 15 is 0 Å². The number of nitrogens with one attached hydrogen (secondary N) is 1. The third kappa shape index (κ3) is 1.58. The Morgan fingerprint density at radius 3 is 2.56 bits per heavy atom. The molecule has 0 unspecified atom stereocenters. The monoisotopic (exact) mass is 217 g/mol. The van der Waals surface area contributed by atoms with Crippen molar-refractivity contribution in [3.63, 3.8) is 0 Å². The van der Waals surface area contributed by atoms with Crippen molar-refractivity contribution < 1.29 is 9.90 Å². The summed E-state index contributed by atoms with van der Waals surface area (Å²) in [4.78, 5) is 14.4. The first kappa shape index (κ1) is 10.7. The molecule has 3 nitrogen and oxygen atoms in total. The predicted octanol–water partition coefficient (Wildman–Crippen LogP) is 2.98. The van der Waals surface area contributed by atoms with Gasteiger partial charge in [0.15, 0.2) is 6.29 Å². The lowest BCUT2D eigenvalue weighted by molar-refractivity contribution is 0.112. The first-order valence-corrected chi connectivity index (χ1v) is 5.24. The van der Waals surface area contributed by atoms with Gasteiger partial charge in [0, 0.05) is 27.6 Å². The van der Waals surface area contributed by atoms with Crippen molar-refractivity contribution in [2.75, 3.05) is 0 Å². The minimum atomic E-state index is -0.120. The first-order chi connectivity index (χ1) is 7.43. The number of aromatic nitrogens is 1. The molecule has 0 bridgehead atoms. The lowest BCUT2D eigenvalue weighted by Crippen LogP contribution is -2.13. The van der Waals surface area contributed by atoms with E-state index in [4.69, 9.17) is 0 Å². The zero-order valence-electron chi connectivity index (χ0n) is 9.66. The standard InChI is InChI=1S/C13H15NO2/c1-13(2,3)12-10(7-15)9-6-8(16)4-5-11(9)14-12/h4-7,14,16H,1-3H3. The second-order valence-electron chi connectivity index (χ2n) is 5.01. The van der Waals surface area contributed by atoms with Gasteiger partial charge < -0.3 is 10.1 Å². The van der Waals surface area contributed by atoms with Crippen molar-refractivity contribution in [3.05, 3.63) is 29.5 Å². The van der Waals surface area contributed by atoms with Crippen LogP contribution < -0.4 is 0 Å². The summed E-state index contributed by atoms with van der Waals surface area (Å²) in [5.41, 5.74) is 2.30. The Morgan fingerprint density at radius 1 is 1.31 bits per heavy atom. The van der Waals surface area contributed by atoms with Gasteiger partial charge in [-0.15, -0.1) is 0 Å². The highest BCUT2D eigenvalue weighted by Crippen LogP contribution is 2.31. The molecular formula is C13H15NO2. The van der Waals surface area contributed by atoms with Crippen LogP contribution in [0.15, 0.2) is 18.2 Å². The van der Waals surface area contributed by atoms with Gasteiger partial charge in [-0.25, -0.2) is 0 Å². The van der Waals surface area contributed by atoms with Crippen LogP contribution in [0.3, 0.4) is 0 Å². The van der Waals surface area contributed by atoms with Gasteiger partial charge >= 0.3 is 0 Å². The van der Waals surface area contributed by atoms with E-state index in [1.54, 1.807) is 18.2 Å². The molecule has 16 heavy (non-hydrogen) atoms. The van der Waals surface area contributed by atoms with Crippen molar-refractivity contribution in [1.82, 2.24) is 4.98 Å². The number of phenols is 1. The van der Waals surface area contributed by atoms with Crippen LogP contribution in [0.2, 0.25) is 0 Å². The van der Waals surface area contributed by atoms with Gasteiger partial charge in [-0.2, -0.15) is 0 Å². The van der Waals surface area contributed by atoms with Crippen molar-refractivity contribution >= 4 is 17.2 Å². The van der Waals surface area contributed by atoms with Crippen LogP contribution >= 0.6 is 0 Å². The number of carbonyl (C=O) groups is 1. The molecule has 2 rings (SSSR count). The summed E-state index contributed by atoms with van der Waals surface area (Å²) >= 11 is 0. The van der Waals surface area contributed by atoms with Gasteiger partial charge in [0.2, 0.25) is 0 Å². The molecule has 0 spiro atoms. The highest BCUT2D eigenvalue weighted by Gasteiger charge is 2.22. The number of H-pyrrole nitrogens is 1.